The summed E-state index contributed by atoms with van der Waals surface area (Å²) < 4.78 is 5.24. The number of ether oxygens (including phenoxy) is 1. The molecule has 0 bridgehead atoms. The zero-order chi connectivity index (χ0) is 15.3. The number of carbonyl (C=O) groups is 2. The smallest absolute Gasteiger partial charge is 0.227 e. The van der Waals surface area contributed by atoms with Gasteiger partial charge in [0.2, 0.25) is 5.91 Å². The van der Waals surface area contributed by atoms with Crippen molar-refractivity contribution >= 4 is 24.1 Å². The van der Waals surface area contributed by atoms with Crippen LogP contribution in [0.1, 0.15) is 29.8 Å². The third-order valence-corrected chi connectivity index (χ3v) is 3.42. The maximum Gasteiger partial charge on any atom is 0.227 e. The molecule has 0 aliphatic rings. The zero-order valence-corrected chi connectivity index (χ0v) is 13.7. The van der Waals surface area contributed by atoms with Crippen LogP contribution in [0.3, 0.4) is 0 Å². The number of hydrogen-bond acceptors (Lipinski definition) is 4. The van der Waals surface area contributed by atoms with Crippen LogP contribution in [-0.2, 0) is 11.2 Å². The topological polar surface area (TPSA) is 72.6 Å². The van der Waals surface area contributed by atoms with Crippen molar-refractivity contribution in [3.63, 3.8) is 0 Å². The number of methoxy groups -OCH3 is 1. The number of benzene rings is 1. The third kappa shape index (κ3) is 5.02. The molecule has 1 aromatic carbocycles. The average molecular weight is 315 g/mol. The Balaban J connectivity index is 0.00000400. The number of nitrogens with zero attached hydrogens (tertiary/aromatic N) is 1. The van der Waals surface area contributed by atoms with Crippen molar-refractivity contribution in [2.24, 2.45) is 5.73 Å². The summed E-state index contributed by atoms with van der Waals surface area (Å²) >= 11 is 0. The molecule has 21 heavy (non-hydrogen) atoms. The van der Waals surface area contributed by atoms with Crippen LogP contribution >= 0.6 is 12.4 Å². The van der Waals surface area contributed by atoms with Gasteiger partial charge in [-0.3, -0.25) is 9.59 Å². The number of Topliss-reactive ketones (excluding diaryl/α,β-unsaturated/α-hetero) is 1. The van der Waals surface area contributed by atoms with E-state index in [1.165, 1.54) is 6.92 Å². The highest BCUT2D eigenvalue weighted by molar-refractivity contribution is 5.94. The van der Waals surface area contributed by atoms with Gasteiger partial charge in [-0.1, -0.05) is 0 Å². The minimum atomic E-state index is -0.0537. The normalized spacial score (nSPS) is 11.3. The minimum Gasteiger partial charge on any atom is -0.496 e. The van der Waals surface area contributed by atoms with Gasteiger partial charge in [-0.25, -0.2) is 0 Å². The van der Waals surface area contributed by atoms with E-state index in [2.05, 4.69) is 0 Å². The minimum absolute atomic E-state index is 0. The van der Waals surface area contributed by atoms with E-state index in [4.69, 9.17) is 10.5 Å². The van der Waals surface area contributed by atoms with Gasteiger partial charge in [0.15, 0.2) is 5.78 Å². The largest absolute Gasteiger partial charge is 0.496 e. The van der Waals surface area contributed by atoms with Gasteiger partial charge in [0.1, 0.15) is 5.75 Å². The second kappa shape index (κ2) is 8.64. The summed E-state index contributed by atoms with van der Waals surface area (Å²) in [7, 11) is 3.27. The van der Waals surface area contributed by atoms with E-state index in [9.17, 15) is 9.59 Å². The molecular formula is C15H23ClN2O3. The van der Waals surface area contributed by atoms with Gasteiger partial charge in [-0.05, 0) is 32.0 Å². The second-order valence-corrected chi connectivity index (χ2v) is 4.85. The quantitative estimate of drug-likeness (QED) is 0.811. The number of rotatable bonds is 6. The van der Waals surface area contributed by atoms with Crippen molar-refractivity contribution < 1.29 is 14.3 Å². The molecule has 1 amide bonds. The Hall–Kier alpha value is -1.59. The molecule has 1 aromatic rings. The van der Waals surface area contributed by atoms with Crippen molar-refractivity contribution in [3.05, 3.63) is 29.3 Å². The average Bonchev–Trinajstić information content (AvgIpc) is 2.45. The molecular weight excluding hydrogens is 292 g/mol. The molecule has 1 unspecified atom stereocenters. The predicted octanol–water partition coefficient (Wildman–Crippen LogP) is 1.67. The van der Waals surface area contributed by atoms with E-state index >= 15 is 0 Å². The summed E-state index contributed by atoms with van der Waals surface area (Å²) in [5.74, 6) is 0.518. The fraction of sp³-hybridized carbons (Fsp3) is 0.467. The monoisotopic (exact) mass is 314 g/mol. The van der Waals surface area contributed by atoms with Crippen molar-refractivity contribution in [3.8, 4) is 5.75 Å². The van der Waals surface area contributed by atoms with Crippen LogP contribution in [0.4, 0.5) is 0 Å². The van der Waals surface area contributed by atoms with Crippen molar-refractivity contribution in [2.45, 2.75) is 26.3 Å². The summed E-state index contributed by atoms with van der Waals surface area (Å²) in [5, 5.41) is 0. The predicted molar refractivity (Wildman–Crippen MR) is 85.2 cm³/mol. The summed E-state index contributed by atoms with van der Waals surface area (Å²) in [4.78, 5) is 25.2. The number of halogens is 1. The second-order valence-electron chi connectivity index (χ2n) is 4.85. The van der Waals surface area contributed by atoms with Gasteiger partial charge in [0.05, 0.1) is 13.5 Å². The lowest BCUT2D eigenvalue weighted by Crippen LogP contribution is -2.40. The molecule has 6 heteroatoms. The standard InChI is InChI=1S/C15H22N2O3.ClH/c1-10(9-16)17(3)15(19)8-13-7-12(11(2)18)5-6-14(13)20-4;/h5-7,10H,8-9,16H2,1-4H3;1H. The Morgan fingerprint density at radius 2 is 2.00 bits per heavy atom. The first-order valence-corrected chi connectivity index (χ1v) is 6.54. The molecule has 0 saturated carbocycles. The number of hydrogen-bond donors (Lipinski definition) is 1. The molecule has 0 radical (unpaired) electrons. The molecule has 5 nitrogen and oxygen atoms in total. The fourth-order valence-electron chi connectivity index (χ4n) is 1.83. The summed E-state index contributed by atoms with van der Waals surface area (Å²) in [6.45, 7) is 3.80. The summed E-state index contributed by atoms with van der Waals surface area (Å²) in [6.07, 6.45) is 0.186. The molecule has 0 spiro atoms. The van der Waals surface area contributed by atoms with Crippen LogP contribution in [0.5, 0.6) is 5.75 Å². The van der Waals surface area contributed by atoms with Crippen LogP contribution < -0.4 is 10.5 Å². The third-order valence-electron chi connectivity index (χ3n) is 3.42. The highest BCUT2D eigenvalue weighted by Crippen LogP contribution is 2.21. The van der Waals surface area contributed by atoms with E-state index in [0.29, 0.717) is 23.4 Å². The first kappa shape index (κ1) is 19.4. The van der Waals surface area contributed by atoms with Gasteiger partial charge >= 0.3 is 0 Å². The van der Waals surface area contributed by atoms with E-state index < -0.39 is 0 Å². The summed E-state index contributed by atoms with van der Waals surface area (Å²) in [6, 6.07) is 5.09. The first-order chi connectivity index (χ1) is 9.40. The maximum absolute atomic E-state index is 12.2. The van der Waals surface area contributed by atoms with Crippen LogP contribution in [0.25, 0.3) is 0 Å². The van der Waals surface area contributed by atoms with Crippen LogP contribution in [0.15, 0.2) is 18.2 Å². The highest BCUT2D eigenvalue weighted by Gasteiger charge is 2.17. The van der Waals surface area contributed by atoms with Gasteiger partial charge in [0.25, 0.3) is 0 Å². The van der Waals surface area contributed by atoms with Gasteiger partial charge in [-0.2, -0.15) is 0 Å². The molecule has 0 aliphatic heterocycles. The fourth-order valence-corrected chi connectivity index (χ4v) is 1.83. The molecule has 0 fully saturated rings. The lowest BCUT2D eigenvalue weighted by Gasteiger charge is -2.24. The van der Waals surface area contributed by atoms with Crippen LogP contribution in [0.2, 0.25) is 0 Å². The Bertz CT molecular complexity index is 506. The lowest BCUT2D eigenvalue weighted by atomic mass is 10.0. The van der Waals surface area contributed by atoms with E-state index in [1.807, 2.05) is 6.92 Å². The lowest BCUT2D eigenvalue weighted by molar-refractivity contribution is -0.130. The van der Waals surface area contributed by atoms with Gasteiger partial charge in [-0.15, -0.1) is 12.4 Å². The van der Waals surface area contributed by atoms with Crippen molar-refractivity contribution in [1.29, 1.82) is 0 Å². The van der Waals surface area contributed by atoms with Crippen molar-refractivity contribution in [1.82, 2.24) is 4.90 Å². The number of amides is 1. The Labute approximate surface area is 131 Å². The van der Waals surface area contributed by atoms with E-state index in [1.54, 1.807) is 37.3 Å². The molecule has 1 atom stereocenters. The first-order valence-electron chi connectivity index (χ1n) is 6.54. The van der Waals surface area contributed by atoms with Crippen LogP contribution in [0, 0.1) is 0 Å². The van der Waals surface area contributed by atoms with E-state index in [-0.39, 0.29) is 36.6 Å². The van der Waals surface area contributed by atoms with E-state index in [0.717, 1.165) is 0 Å². The molecule has 0 aromatic heterocycles. The Morgan fingerprint density at radius 1 is 1.38 bits per heavy atom. The van der Waals surface area contributed by atoms with Gasteiger partial charge < -0.3 is 15.4 Å². The Kier molecular flexibility index (Phi) is 7.99. The number of likely N-dealkylation sites (N-methyl/N-ethyl adjacent to an activating group) is 1. The Morgan fingerprint density at radius 3 is 2.48 bits per heavy atom. The highest BCUT2D eigenvalue weighted by atomic mass is 35.5. The molecule has 2 N–H and O–H groups in total. The molecule has 0 saturated heterocycles. The van der Waals surface area contributed by atoms with Crippen molar-refractivity contribution in [2.75, 3.05) is 20.7 Å². The molecule has 118 valence electrons. The summed E-state index contributed by atoms with van der Waals surface area (Å²) in [5.41, 5.74) is 6.84. The number of carbonyl (C=O) groups excluding carboxylic acids is 2. The van der Waals surface area contributed by atoms with Gasteiger partial charge in [0, 0.05) is 30.8 Å². The molecule has 0 heterocycles. The van der Waals surface area contributed by atoms with Crippen LogP contribution in [-0.4, -0.2) is 43.3 Å². The maximum atomic E-state index is 12.2. The molecule has 1 rings (SSSR count). The molecule has 0 aliphatic carbocycles. The SMILES string of the molecule is COc1ccc(C(C)=O)cc1CC(=O)N(C)C(C)CN.Cl. The number of ketones is 1. The number of nitrogens with two attached hydrogens (primary N) is 1. The zero-order valence-electron chi connectivity index (χ0n) is 12.9.